The second-order valence-corrected chi connectivity index (χ2v) is 34.8. The first-order chi connectivity index (χ1) is 61.2. The molecule has 17 rings (SSSR count). The highest BCUT2D eigenvalue weighted by atomic mass is 32.2. The number of piperidine rings is 3. The largest absolute Gasteiger partial charge is 0.508 e. The van der Waals surface area contributed by atoms with E-state index in [0.717, 1.165) is 157 Å². The zero-order valence-corrected chi connectivity index (χ0v) is 72.7. The standard InChI is InChI=1S/2C32H40N6O4.C29H37F3N6O3S/c2*1-2-30(41)36-14-16-37(17-15-36)31-27-10-13-38(29-19-24(39)18-23-8-4-5-9-26(23)29)21-28(27)33-32(34-31)42-22-25(40)20-35-11-6-3-7-12-35;1-2-26(40)36-14-16-37(17-15-36)27-22-9-13-38(24-19-21(39)7-8-25(24)42-29(30,31)32)20-23(22)33-28(34-27)41-18-6-12-35-10-4-3-5-11-35/h2*2,4-5,8-9,18-19,25,39-40H,1,3,6-7,10-17,20-22H2;2,7-8,19,39H,1,3-6,9-18,20H2/t2*25-;/m10./s1. The molecule has 6 fully saturated rings. The number of benzene rings is 5. The maximum atomic E-state index is 13.3. The third kappa shape index (κ3) is 22.9. The van der Waals surface area contributed by atoms with E-state index in [4.69, 9.17) is 44.1 Å². The topological polar surface area (TPSA) is 296 Å². The quantitative estimate of drug-likeness (QED) is 0.0202. The number of phenolic OH excluding ortho intramolecular Hbond substituents is 3. The number of anilines is 6. The van der Waals surface area contributed by atoms with E-state index < -0.39 is 17.7 Å². The van der Waals surface area contributed by atoms with Crippen LogP contribution in [0.3, 0.4) is 0 Å². The molecule has 0 unspecified atom stereocenters. The van der Waals surface area contributed by atoms with Crippen molar-refractivity contribution in [1.29, 1.82) is 0 Å². The number of aliphatic hydroxyl groups excluding tert-OH is 2. The molecule has 0 saturated carbocycles. The molecule has 12 heterocycles. The number of carbonyl (C=O) groups excluding carboxylic acids is 3. The minimum Gasteiger partial charge on any atom is -0.508 e. The number of ether oxygens (including phenoxy) is 3. The Labute approximate surface area is 738 Å². The highest BCUT2D eigenvalue weighted by molar-refractivity contribution is 8.00. The van der Waals surface area contributed by atoms with Crippen molar-refractivity contribution in [1.82, 2.24) is 59.3 Å². The Bertz CT molecular complexity index is 4920. The first kappa shape index (κ1) is 89.8. The molecule has 2 atom stereocenters. The number of fused-ring (bicyclic) bond motifs is 5. The Morgan fingerprint density at radius 2 is 0.770 bits per heavy atom. The molecular weight excluding hydrogens is 1630 g/mol. The molecule has 0 bridgehead atoms. The SMILES string of the molecule is C=CC(=O)N1CCN(c2nc(OCCCN3CCCCC3)nc3c2CCN(c2cc(O)ccc2SC(F)(F)F)C3)CC1.C=CC(=O)N1CCN(c2nc(OC[C@@H](O)CN3CCCCC3)nc3c2CCN(c2cc(O)cc4ccccc24)C3)CC1.C=CC(=O)N1CCN(c2nc(OC[C@H](O)CN3CCCCC3)nc3c2CCN(c2cc(O)cc4ccccc24)C3)CC1. The summed E-state index contributed by atoms with van der Waals surface area (Å²) < 4.78 is 58.1. The van der Waals surface area contributed by atoms with E-state index >= 15 is 0 Å². The number of aliphatic hydroxyl groups is 2. The van der Waals surface area contributed by atoms with Crippen LogP contribution in [-0.2, 0) is 53.3 Å². The third-order valence-electron chi connectivity index (χ3n) is 25.0. The van der Waals surface area contributed by atoms with Crippen molar-refractivity contribution >= 4 is 85.5 Å². The van der Waals surface area contributed by atoms with Gasteiger partial charge in [-0.05, 0) is 169 Å². The van der Waals surface area contributed by atoms with Crippen LogP contribution in [0, 0.1) is 0 Å². The van der Waals surface area contributed by atoms with Crippen LogP contribution >= 0.6 is 11.8 Å². The molecular formula is C93H117F3N18O11S. The Morgan fingerprint density at radius 1 is 0.413 bits per heavy atom. The number of nitrogens with zero attached hydrogens (tertiary/aromatic N) is 18. The summed E-state index contributed by atoms with van der Waals surface area (Å²) in [6, 6.07) is 28.1. The molecule has 5 aromatic carbocycles. The van der Waals surface area contributed by atoms with Crippen molar-refractivity contribution < 1.29 is 67.3 Å². The van der Waals surface area contributed by atoms with Crippen LogP contribution in [0.25, 0.3) is 21.5 Å². The maximum Gasteiger partial charge on any atom is 0.446 e. The van der Waals surface area contributed by atoms with Crippen molar-refractivity contribution in [2.24, 2.45) is 0 Å². The van der Waals surface area contributed by atoms with E-state index in [0.29, 0.717) is 136 Å². The van der Waals surface area contributed by atoms with Crippen LogP contribution in [-0.4, -0.2) is 297 Å². The Hall–Kier alpha value is -11.0. The van der Waals surface area contributed by atoms with Gasteiger partial charge in [-0.1, -0.05) is 87.5 Å². The lowest BCUT2D eigenvalue weighted by Crippen LogP contribution is -2.49. The van der Waals surface area contributed by atoms with E-state index in [1.165, 1.54) is 94.2 Å². The molecule has 9 aliphatic rings. The Balaban J connectivity index is 0.000000146. The number of aromatic nitrogens is 6. The number of thioether (sulfide) groups is 1. The first-order valence-corrected chi connectivity index (χ1v) is 45.4. The average molecular weight is 1750 g/mol. The number of carbonyl (C=O) groups is 3. The molecule has 5 N–H and O–H groups in total. The highest BCUT2D eigenvalue weighted by Crippen LogP contribution is 2.46. The van der Waals surface area contributed by atoms with Crippen molar-refractivity contribution in [3.63, 3.8) is 0 Å². The number of alkyl halides is 3. The number of hydrogen-bond donors (Lipinski definition) is 5. The predicted molar refractivity (Wildman–Crippen MR) is 483 cm³/mol. The number of hydrogen-bond acceptors (Lipinski definition) is 27. The van der Waals surface area contributed by atoms with Gasteiger partial charge in [0, 0.05) is 180 Å². The summed E-state index contributed by atoms with van der Waals surface area (Å²) in [6.07, 6.45) is 16.5. The van der Waals surface area contributed by atoms with Gasteiger partial charge in [0.25, 0.3) is 0 Å². The summed E-state index contributed by atoms with van der Waals surface area (Å²) in [5.41, 5.74) is 3.32. The van der Waals surface area contributed by atoms with Crippen LogP contribution in [0.1, 0.15) is 98.0 Å². The lowest BCUT2D eigenvalue weighted by atomic mass is 10.0. The fourth-order valence-electron chi connectivity index (χ4n) is 18.6. The van der Waals surface area contributed by atoms with Gasteiger partial charge in [0.1, 0.15) is 60.1 Å². The van der Waals surface area contributed by atoms with Gasteiger partial charge in [-0.2, -0.15) is 43.1 Å². The van der Waals surface area contributed by atoms with Gasteiger partial charge in [0.05, 0.1) is 49.0 Å². The second-order valence-electron chi connectivity index (χ2n) is 33.7. The van der Waals surface area contributed by atoms with Gasteiger partial charge in [-0.3, -0.25) is 14.4 Å². The van der Waals surface area contributed by atoms with Crippen molar-refractivity contribution in [3.05, 3.63) is 163 Å². The van der Waals surface area contributed by atoms with Crippen LogP contribution in [0.15, 0.2) is 134 Å². The number of likely N-dealkylation sites (tertiary alicyclic amines) is 3. The van der Waals surface area contributed by atoms with Crippen LogP contribution in [0.4, 0.5) is 47.7 Å². The summed E-state index contributed by atoms with van der Waals surface area (Å²) in [5, 5.41) is 56.6. The maximum absolute atomic E-state index is 13.3. The second kappa shape index (κ2) is 42.1. The summed E-state index contributed by atoms with van der Waals surface area (Å²) >= 11 is -0.192. The van der Waals surface area contributed by atoms with Crippen molar-refractivity contribution in [2.45, 2.75) is 126 Å². The molecule has 3 amide bonds. The molecule has 0 spiro atoms. The number of halogens is 3. The molecule has 8 aromatic rings. The third-order valence-corrected chi connectivity index (χ3v) is 25.8. The molecule has 9 aliphatic heterocycles. The lowest BCUT2D eigenvalue weighted by molar-refractivity contribution is -0.127. The lowest BCUT2D eigenvalue weighted by Gasteiger charge is -2.38. The smallest absolute Gasteiger partial charge is 0.446 e. The highest BCUT2D eigenvalue weighted by Gasteiger charge is 2.37. The van der Waals surface area contributed by atoms with Gasteiger partial charge >= 0.3 is 23.5 Å². The van der Waals surface area contributed by atoms with Gasteiger partial charge in [-0.25, -0.2) is 0 Å². The van der Waals surface area contributed by atoms with Gasteiger partial charge in [0.15, 0.2) is 0 Å². The molecule has 126 heavy (non-hydrogen) atoms. The van der Waals surface area contributed by atoms with Crippen molar-refractivity contribution in [2.75, 3.05) is 206 Å². The number of amides is 3. The van der Waals surface area contributed by atoms with Crippen LogP contribution < -0.4 is 43.6 Å². The molecule has 0 radical (unpaired) electrons. The average Bonchev–Trinajstić information content (AvgIpc) is 0.774. The fraction of sp³-hybridized carbons (Fsp3) is 0.495. The molecule has 33 heteroatoms. The minimum absolute atomic E-state index is 0.0234. The molecule has 3 aromatic heterocycles. The van der Waals surface area contributed by atoms with E-state index in [1.807, 2.05) is 53.4 Å². The monoisotopic (exact) mass is 1750 g/mol. The fourth-order valence-corrected chi connectivity index (χ4v) is 19.2. The normalized spacial score (nSPS) is 18.4. The van der Waals surface area contributed by atoms with E-state index in [2.05, 4.69) is 71.1 Å². The van der Waals surface area contributed by atoms with Crippen LogP contribution in [0.5, 0.6) is 35.3 Å². The van der Waals surface area contributed by atoms with E-state index in [9.17, 15) is 53.1 Å². The van der Waals surface area contributed by atoms with E-state index in [1.54, 1.807) is 26.8 Å². The number of rotatable bonds is 25. The first-order valence-electron chi connectivity index (χ1n) is 44.5. The predicted octanol–water partition coefficient (Wildman–Crippen LogP) is 10.4. The minimum atomic E-state index is -4.46. The number of piperazine rings is 3. The van der Waals surface area contributed by atoms with Gasteiger partial charge < -0.3 is 98.5 Å². The summed E-state index contributed by atoms with van der Waals surface area (Å²) in [5.74, 6) is 2.57. The molecule has 0 aliphatic carbocycles. The zero-order valence-electron chi connectivity index (χ0n) is 71.9. The number of phenols is 3. The van der Waals surface area contributed by atoms with Gasteiger partial charge in [0.2, 0.25) is 17.7 Å². The summed E-state index contributed by atoms with van der Waals surface area (Å²) in [6.45, 7) is 30.4. The van der Waals surface area contributed by atoms with E-state index in [-0.39, 0.29) is 89.4 Å². The van der Waals surface area contributed by atoms with Gasteiger partial charge in [-0.15, -0.1) is 0 Å². The Morgan fingerprint density at radius 3 is 1.15 bits per heavy atom. The van der Waals surface area contributed by atoms with Crippen LogP contribution in [0.2, 0.25) is 0 Å². The number of β-amino-alcohol motifs (C(OH)–C–C–N with tert-alkyl or cyclic N) is 2. The number of aromatic hydroxyl groups is 3. The Kier molecular flexibility index (Phi) is 30.0. The summed E-state index contributed by atoms with van der Waals surface area (Å²) in [4.78, 5) is 90.7. The molecule has 672 valence electrons. The molecule has 29 nitrogen and oxygen atoms in total. The summed E-state index contributed by atoms with van der Waals surface area (Å²) in [7, 11) is 0. The zero-order chi connectivity index (χ0) is 87.8. The van der Waals surface area contributed by atoms with Crippen molar-refractivity contribution in [3.8, 4) is 35.3 Å². The molecule has 6 saturated heterocycles.